The van der Waals surface area contributed by atoms with Crippen LogP contribution in [0, 0.1) is 0 Å². The van der Waals surface area contributed by atoms with E-state index in [-0.39, 0.29) is 24.7 Å². The Morgan fingerprint density at radius 1 is 0.793 bits per heavy atom. The predicted molar refractivity (Wildman–Crippen MR) is 111 cm³/mol. The molecule has 29 heavy (non-hydrogen) atoms. The number of hydrogen-bond donors (Lipinski definition) is 0. The summed E-state index contributed by atoms with van der Waals surface area (Å²) in [5.74, 6) is 0.493. The van der Waals surface area contributed by atoms with Crippen LogP contribution in [0.5, 0.6) is 11.5 Å². The van der Waals surface area contributed by atoms with Crippen LogP contribution < -0.4 is 9.47 Å². The molecule has 0 aliphatic rings. The summed E-state index contributed by atoms with van der Waals surface area (Å²) in [7, 11) is 0. The average Bonchev–Trinajstić information content (AvgIpc) is 2.72. The first kappa shape index (κ1) is 20.2. The summed E-state index contributed by atoms with van der Waals surface area (Å²) in [6, 6.07) is 11.9. The number of hydrogen-bond acceptors (Lipinski definition) is 6. The molecule has 0 aromatic heterocycles. The van der Waals surface area contributed by atoms with Crippen LogP contribution in [-0.4, -0.2) is 25.5 Å². The summed E-state index contributed by atoms with van der Waals surface area (Å²) in [4.78, 5) is 24.2. The lowest BCUT2D eigenvalue weighted by Gasteiger charge is -2.16. The minimum atomic E-state index is -0.893. The van der Waals surface area contributed by atoms with Gasteiger partial charge in [0, 0.05) is 26.6 Å². The molecule has 0 saturated heterocycles. The molecule has 0 heterocycles. The minimum absolute atomic E-state index is 0.00575. The second kappa shape index (κ2) is 9.12. The second-order valence-electron chi connectivity index (χ2n) is 5.80. The monoisotopic (exact) mass is 412 g/mol. The van der Waals surface area contributed by atoms with Crippen LogP contribution in [0.15, 0.2) is 67.8 Å². The van der Waals surface area contributed by atoms with E-state index in [1.54, 1.807) is 42.5 Å². The number of fused-ring (bicyclic) bond motifs is 2. The molecule has 6 nitrogen and oxygen atoms in total. The Labute approximate surface area is 171 Å². The smallest absolute Gasteiger partial charge is 0.430 e. The molecule has 0 atom stereocenters. The maximum Gasteiger partial charge on any atom is 0.514 e. The van der Waals surface area contributed by atoms with Gasteiger partial charge in [0.25, 0.3) is 0 Å². The van der Waals surface area contributed by atoms with Gasteiger partial charge in [-0.1, -0.05) is 61.2 Å². The zero-order valence-corrected chi connectivity index (χ0v) is 16.1. The first-order valence-electron chi connectivity index (χ1n) is 8.60. The maximum absolute atomic E-state index is 12.1. The summed E-state index contributed by atoms with van der Waals surface area (Å²) in [6.45, 7) is 7.01. The Balaban J connectivity index is 2.20. The van der Waals surface area contributed by atoms with E-state index in [1.165, 1.54) is 12.2 Å². The molecule has 3 rings (SSSR count). The lowest BCUT2D eigenvalue weighted by Crippen LogP contribution is -2.13. The molecule has 0 radical (unpaired) electrons. The number of carbonyl (C=O) groups is 2. The summed E-state index contributed by atoms with van der Waals surface area (Å²) in [5, 5.41) is 2.47. The fourth-order valence-electron chi connectivity index (χ4n) is 2.77. The van der Waals surface area contributed by atoms with Crippen molar-refractivity contribution in [3.05, 3.63) is 72.8 Å². The van der Waals surface area contributed by atoms with Gasteiger partial charge in [-0.15, -0.1) is 0 Å². The van der Waals surface area contributed by atoms with Gasteiger partial charge in [-0.3, -0.25) is 0 Å². The molecule has 7 heteroatoms. The van der Waals surface area contributed by atoms with E-state index in [0.717, 1.165) is 0 Å². The van der Waals surface area contributed by atoms with E-state index in [4.69, 9.17) is 30.5 Å². The lowest BCUT2D eigenvalue weighted by molar-refractivity contribution is 0.109. The number of halogens is 1. The summed E-state index contributed by atoms with van der Waals surface area (Å²) >= 11 is 6.16. The molecule has 148 valence electrons. The van der Waals surface area contributed by atoms with Gasteiger partial charge in [-0.25, -0.2) is 9.59 Å². The van der Waals surface area contributed by atoms with Crippen LogP contribution >= 0.6 is 11.6 Å². The van der Waals surface area contributed by atoms with Crippen LogP contribution in [-0.2, 0) is 9.47 Å². The van der Waals surface area contributed by atoms with E-state index in [0.29, 0.717) is 26.6 Å². The molecule has 0 bridgehead atoms. The van der Waals surface area contributed by atoms with Gasteiger partial charge in [0.05, 0.1) is 0 Å². The van der Waals surface area contributed by atoms with Gasteiger partial charge in [-0.2, -0.15) is 0 Å². The molecule has 0 saturated carbocycles. The normalized spacial score (nSPS) is 10.4. The van der Waals surface area contributed by atoms with Crippen molar-refractivity contribution in [2.75, 3.05) is 13.2 Å². The van der Waals surface area contributed by atoms with E-state index in [9.17, 15) is 9.59 Å². The van der Waals surface area contributed by atoms with Crippen molar-refractivity contribution in [1.82, 2.24) is 0 Å². The molecule has 0 aliphatic heterocycles. The molecule has 3 aromatic carbocycles. The molecule has 0 aliphatic carbocycles. The van der Waals surface area contributed by atoms with Gasteiger partial charge in [0.1, 0.15) is 19.0 Å². The van der Waals surface area contributed by atoms with Gasteiger partial charge < -0.3 is 18.9 Å². The molecule has 0 amide bonds. The predicted octanol–water partition coefficient (Wildman–Crippen LogP) is 6.05. The summed E-state index contributed by atoms with van der Waals surface area (Å²) in [6.07, 6.45) is 1.09. The van der Waals surface area contributed by atoms with Crippen LogP contribution in [0.3, 0.4) is 0 Å². The topological polar surface area (TPSA) is 71.1 Å². The van der Waals surface area contributed by atoms with Crippen molar-refractivity contribution in [1.29, 1.82) is 0 Å². The molecule has 0 N–H and O–H groups in total. The Morgan fingerprint density at radius 3 is 1.79 bits per heavy atom. The van der Waals surface area contributed by atoms with E-state index < -0.39 is 12.3 Å². The van der Waals surface area contributed by atoms with Gasteiger partial charge >= 0.3 is 12.3 Å². The first-order chi connectivity index (χ1) is 14.0. The van der Waals surface area contributed by atoms with Crippen LogP contribution in [0.2, 0.25) is 5.02 Å². The Hall–Kier alpha value is -3.51. The van der Waals surface area contributed by atoms with E-state index in [1.807, 2.05) is 0 Å². The van der Waals surface area contributed by atoms with Crippen LogP contribution in [0.4, 0.5) is 9.59 Å². The number of ether oxygens (including phenoxy) is 4. The largest absolute Gasteiger partial charge is 0.514 e. The highest BCUT2D eigenvalue weighted by Crippen LogP contribution is 2.43. The van der Waals surface area contributed by atoms with Gasteiger partial charge in [0.15, 0.2) is 5.75 Å². The highest BCUT2D eigenvalue weighted by molar-refractivity contribution is 6.31. The fourth-order valence-corrected chi connectivity index (χ4v) is 2.94. The maximum atomic E-state index is 12.1. The third-order valence-electron chi connectivity index (χ3n) is 3.90. The molecule has 0 fully saturated rings. The summed E-state index contributed by atoms with van der Waals surface area (Å²) < 4.78 is 20.8. The zero-order chi connectivity index (χ0) is 20.8. The van der Waals surface area contributed by atoms with Crippen molar-refractivity contribution in [3.8, 4) is 11.5 Å². The molecule has 0 spiro atoms. The molecular weight excluding hydrogens is 396 g/mol. The van der Waals surface area contributed by atoms with Crippen molar-refractivity contribution in [2.45, 2.75) is 0 Å². The quantitative estimate of drug-likeness (QED) is 0.212. The second-order valence-corrected chi connectivity index (χ2v) is 6.23. The number of carbonyl (C=O) groups excluding carboxylic acids is 2. The SMILES string of the molecule is C=CCOC(=O)Oc1c2ccccc2c(OC(=O)OCC=C)c2cc(Cl)ccc12. The summed E-state index contributed by atoms with van der Waals surface area (Å²) in [5.41, 5.74) is 0. The first-order valence-corrected chi connectivity index (χ1v) is 8.98. The lowest BCUT2D eigenvalue weighted by atomic mass is 10.0. The third-order valence-corrected chi connectivity index (χ3v) is 4.13. The van der Waals surface area contributed by atoms with Crippen molar-refractivity contribution < 1.29 is 28.5 Å². The molecular formula is C22H17ClO6. The zero-order valence-electron chi connectivity index (χ0n) is 15.4. The minimum Gasteiger partial charge on any atom is -0.430 e. The standard InChI is InChI=1S/C22H17ClO6/c1-3-11-26-21(24)28-19-15-7-5-6-8-16(15)20(29-22(25)27-12-4-2)18-13-14(23)9-10-17(18)19/h3-10,13H,1-2,11-12H2. The van der Waals surface area contributed by atoms with Crippen LogP contribution in [0.25, 0.3) is 21.5 Å². The van der Waals surface area contributed by atoms with E-state index >= 15 is 0 Å². The van der Waals surface area contributed by atoms with Crippen molar-refractivity contribution in [3.63, 3.8) is 0 Å². The number of rotatable bonds is 6. The molecule has 3 aromatic rings. The highest BCUT2D eigenvalue weighted by atomic mass is 35.5. The van der Waals surface area contributed by atoms with Crippen LogP contribution in [0.1, 0.15) is 0 Å². The van der Waals surface area contributed by atoms with E-state index in [2.05, 4.69) is 13.2 Å². The Kier molecular flexibility index (Phi) is 6.36. The molecule has 0 unspecified atom stereocenters. The highest BCUT2D eigenvalue weighted by Gasteiger charge is 2.21. The van der Waals surface area contributed by atoms with Crippen molar-refractivity contribution in [2.24, 2.45) is 0 Å². The average molecular weight is 413 g/mol. The van der Waals surface area contributed by atoms with Crippen molar-refractivity contribution >= 4 is 45.5 Å². The Bertz CT molecular complexity index is 1110. The fraction of sp³-hybridized carbons (Fsp3) is 0.0909. The third kappa shape index (κ3) is 4.50. The van der Waals surface area contributed by atoms with Gasteiger partial charge in [-0.05, 0) is 18.2 Å². The van der Waals surface area contributed by atoms with Gasteiger partial charge in [0.2, 0.25) is 0 Å². The Morgan fingerprint density at radius 2 is 1.28 bits per heavy atom. The number of benzene rings is 3.